The maximum absolute atomic E-state index is 6.21. The lowest BCUT2D eigenvalue weighted by Crippen LogP contribution is -2.43. The normalized spacial score (nSPS) is 24.5. The highest BCUT2D eigenvalue weighted by Crippen LogP contribution is 2.32. The summed E-state index contributed by atoms with van der Waals surface area (Å²) in [6, 6.07) is 6.13. The molecule has 2 nitrogen and oxygen atoms in total. The predicted molar refractivity (Wildman–Crippen MR) is 76.4 cm³/mol. The fourth-order valence-electron chi connectivity index (χ4n) is 2.31. The number of nitrogens with one attached hydrogen (secondary N) is 1. The van der Waals surface area contributed by atoms with E-state index in [0.717, 1.165) is 25.1 Å². The van der Waals surface area contributed by atoms with E-state index in [-0.39, 0.29) is 6.10 Å². The van der Waals surface area contributed by atoms with Crippen LogP contribution in [0.25, 0.3) is 0 Å². The first-order chi connectivity index (χ1) is 8.58. The van der Waals surface area contributed by atoms with E-state index in [1.165, 1.54) is 0 Å². The Morgan fingerprint density at radius 3 is 2.78 bits per heavy atom. The van der Waals surface area contributed by atoms with Crippen LogP contribution in [0.5, 0.6) is 0 Å². The van der Waals surface area contributed by atoms with Gasteiger partial charge in [-0.15, -0.1) is 0 Å². The van der Waals surface area contributed by atoms with E-state index in [2.05, 4.69) is 19.2 Å². The molecule has 1 aliphatic heterocycles. The molecule has 2 rings (SSSR count). The summed E-state index contributed by atoms with van der Waals surface area (Å²) in [5.74, 6) is 0.678. The Labute approximate surface area is 119 Å². The highest BCUT2D eigenvalue weighted by molar-refractivity contribution is 6.42. The van der Waals surface area contributed by atoms with Gasteiger partial charge in [-0.1, -0.05) is 49.2 Å². The molecule has 1 heterocycles. The molecule has 2 unspecified atom stereocenters. The highest BCUT2D eigenvalue weighted by Gasteiger charge is 2.24. The SMILES string of the molecule is CC(C)CC1COC(c2cccc(Cl)c2Cl)CN1. The molecule has 18 heavy (non-hydrogen) atoms. The van der Waals surface area contributed by atoms with E-state index in [1.54, 1.807) is 6.07 Å². The highest BCUT2D eigenvalue weighted by atomic mass is 35.5. The van der Waals surface area contributed by atoms with E-state index >= 15 is 0 Å². The van der Waals surface area contributed by atoms with Gasteiger partial charge in [-0.25, -0.2) is 0 Å². The topological polar surface area (TPSA) is 21.3 Å². The Bertz CT molecular complexity index is 401. The zero-order chi connectivity index (χ0) is 13.1. The Morgan fingerprint density at radius 2 is 2.17 bits per heavy atom. The molecule has 1 aliphatic rings. The number of benzene rings is 1. The van der Waals surface area contributed by atoms with Crippen LogP contribution < -0.4 is 5.32 Å². The molecule has 1 aromatic carbocycles. The third-order valence-electron chi connectivity index (χ3n) is 3.17. The van der Waals surface area contributed by atoms with Crippen LogP contribution in [-0.2, 0) is 4.74 Å². The van der Waals surface area contributed by atoms with Crippen LogP contribution in [0, 0.1) is 5.92 Å². The maximum atomic E-state index is 6.21. The minimum atomic E-state index is -0.000359. The second-order valence-corrected chi connectivity index (χ2v) is 5.98. The minimum Gasteiger partial charge on any atom is -0.371 e. The summed E-state index contributed by atoms with van der Waals surface area (Å²) in [4.78, 5) is 0. The lowest BCUT2D eigenvalue weighted by molar-refractivity contribution is -0.00125. The first-order valence-corrected chi connectivity index (χ1v) is 7.12. The number of rotatable bonds is 3. The summed E-state index contributed by atoms with van der Waals surface area (Å²) in [7, 11) is 0. The molecule has 4 heteroatoms. The van der Waals surface area contributed by atoms with E-state index < -0.39 is 0 Å². The molecule has 0 amide bonds. The van der Waals surface area contributed by atoms with Gasteiger partial charge in [0.05, 0.1) is 22.8 Å². The van der Waals surface area contributed by atoms with Crippen LogP contribution >= 0.6 is 23.2 Å². The van der Waals surface area contributed by atoms with Crippen molar-refractivity contribution in [3.63, 3.8) is 0 Å². The molecule has 1 N–H and O–H groups in total. The van der Waals surface area contributed by atoms with Crippen molar-refractivity contribution >= 4 is 23.2 Å². The Hall–Kier alpha value is -0.280. The zero-order valence-electron chi connectivity index (χ0n) is 10.7. The zero-order valence-corrected chi connectivity index (χ0v) is 12.3. The van der Waals surface area contributed by atoms with E-state index in [9.17, 15) is 0 Å². The van der Waals surface area contributed by atoms with E-state index in [1.807, 2.05) is 12.1 Å². The molecule has 0 aliphatic carbocycles. The Balaban J connectivity index is 1.99. The first-order valence-electron chi connectivity index (χ1n) is 6.36. The number of hydrogen-bond acceptors (Lipinski definition) is 2. The minimum absolute atomic E-state index is 0.000359. The molecule has 100 valence electrons. The molecule has 0 spiro atoms. The molecule has 0 radical (unpaired) electrons. The molecule has 1 aromatic rings. The standard InChI is InChI=1S/C14H19Cl2NO/c1-9(2)6-10-8-18-13(7-17-10)11-4-3-5-12(15)14(11)16/h3-5,9-10,13,17H,6-8H2,1-2H3. The van der Waals surface area contributed by atoms with Crippen LogP contribution in [0.4, 0.5) is 0 Å². The van der Waals surface area contributed by atoms with Crippen molar-refractivity contribution in [1.82, 2.24) is 5.32 Å². The monoisotopic (exact) mass is 287 g/mol. The largest absolute Gasteiger partial charge is 0.371 e. The number of morpholine rings is 1. The van der Waals surface area contributed by atoms with Crippen LogP contribution in [0.3, 0.4) is 0 Å². The average Bonchev–Trinajstić information content (AvgIpc) is 2.33. The molecular formula is C14H19Cl2NO. The Kier molecular flexibility index (Phi) is 4.91. The van der Waals surface area contributed by atoms with Crippen molar-refractivity contribution in [3.05, 3.63) is 33.8 Å². The van der Waals surface area contributed by atoms with Gasteiger partial charge < -0.3 is 10.1 Å². The second kappa shape index (κ2) is 6.25. The van der Waals surface area contributed by atoms with Crippen molar-refractivity contribution in [2.24, 2.45) is 5.92 Å². The fraction of sp³-hybridized carbons (Fsp3) is 0.571. The summed E-state index contributed by atoms with van der Waals surface area (Å²) in [6.45, 7) is 5.96. The van der Waals surface area contributed by atoms with Crippen molar-refractivity contribution < 1.29 is 4.74 Å². The summed E-state index contributed by atoms with van der Waals surface area (Å²) in [5.41, 5.74) is 0.972. The average molecular weight is 288 g/mol. The van der Waals surface area contributed by atoms with Gasteiger partial charge in [-0.3, -0.25) is 0 Å². The van der Waals surface area contributed by atoms with Gasteiger partial charge in [0, 0.05) is 18.2 Å². The van der Waals surface area contributed by atoms with Crippen molar-refractivity contribution in [3.8, 4) is 0 Å². The number of halogens is 2. The lowest BCUT2D eigenvalue weighted by atomic mass is 10.0. The van der Waals surface area contributed by atoms with Gasteiger partial charge in [-0.05, 0) is 18.4 Å². The second-order valence-electron chi connectivity index (χ2n) is 5.20. The molecule has 2 atom stereocenters. The molecular weight excluding hydrogens is 269 g/mol. The summed E-state index contributed by atoms with van der Waals surface area (Å²) >= 11 is 12.2. The van der Waals surface area contributed by atoms with Gasteiger partial charge in [0.1, 0.15) is 0 Å². The first kappa shape index (κ1) is 14.1. The third kappa shape index (κ3) is 3.39. The van der Waals surface area contributed by atoms with Crippen molar-refractivity contribution in [1.29, 1.82) is 0 Å². The van der Waals surface area contributed by atoms with Crippen molar-refractivity contribution in [2.75, 3.05) is 13.2 Å². The summed E-state index contributed by atoms with van der Waals surface area (Å²) in [5, 5.41) is 4.71. The quantitative estimate of drug-likeness (QED) is 0.905. The molecule has 0 aromatic heterocycles. The van der Waals surface area contributed by atoms with Gasteiger partial charge in [0.25, 0.3) is 0 Å². The molecule has 0 bridgehead atoms. The smallest absolute Gasteiger partial charge is 0.0964 e. The van der Waals surface area contributed by atoms with Gasteiger partial charge in [-0.2, -0.15) is 0 Å². The van der Waals surface area contributed by atoms with E-state index in [0.29, 0.717) is 22.0 Å². The number of ether oxygens (including phenoxy) is 1. The van der Waals surface area contributed by atoms with Crippen LogP contribution in [0.2, 0.25) is 10.0 Å². The molecule has 0 saturated carbocycles. The van der Waals surface area contributed by atoms with E-state index in [4.69, 9.17) is 27.9 Å². The van der Waals surface area contributed by atoms with Crippen LogP contribution in [-0.4, -0.2) is 19.2 Å². The third-order valence-corrected chi connectivity index (χ3v) is 4.01. The van der Waals surface area contributed by atoms with Crippen LogP contribution in [0.1, 0.15) is 31.9 Å². The van der Waals surface area contributed by atoms with Gasteiger partial charge in [0.15, 0.2) is 0 Å². The fourth-order valence-corrected chi connectivity index (χ4v) is 2.74. The predicted octanol–water partition coefficient (Wildman–Crippen LogP) is 4.07. The number of hydrogen-bond donors (Lipinski definition) is 1. The lowest BCUT2D eigenvalue weighted by Gasteiger charge is -2.32. The van der Waals surface area contributed by atoms with Crippen LogP contribution in [0.15, 0.2) is 18.2 Å². The Morgan fingerprint density at radius 1 is 1.39 bits per heavy atom. The maximum Gasteiger partial charge on any atom is 0.0964 e. The molecule has 1 fully saturated rings. The van der Waals surface area contributed by atoms with Gasteiger partial charge >= 0.3 is 0 Å². The van der Waals surface area contributed by atoms with Gasteiger partial charge in [0.2, 0.25) is 0 Å². The molecule has 1 saturated heterocycles. The van der Waals surface area contributed by atoms with Crippen molar-refractivity contribution in [2.45, 2.75) is 32.4 Å². The summed E-state index contributed by atoms with van der Waals surface area (Å²) < 4.78 is 5.91. The summed E-state index contributed by atoms with van der Waals surface area (Å²) in [6.07, 6.45) is 1.13.